The summed E-state index contributed by atoms with van der Waals surface area (Å²) in [5.41, 5.74) is -0.0341. The number of hydrogen-bond donors (Lipinski definition) is 1. The van der Waals surface area contributed by atoms with Gasteiger partial charge in [0.1, 0.15) is 5.75 Å². The van der Waals surface area contributed by atoms with E-state index in [1.807, 2.05) is 0 Å². The Morgan fingerprint density at radius 2 is 2.24 bits per heavy atom. The maximum atomic E-state index is 12.1. The van der Waals surface area contributed by atoms with Gasteiger partial charge in [0.15, 0.2) is 6.61 Å². The monoisotopic (exact) mass is 311 g/mol. The van der Waals surface area contributed by atoms with Gasteiger partial charge in [0.2, 0.25) is 0 Å². The van der Waals surface area contributed by atoms with E-state index in [9.17, 15) is 9.59 Å². The molecule has 0 aromatic heterocycles. The van der Waals surface area contributed by atoms with Crippen molar-refractivity contribution in [3.63, 3.8) is 0 Å². The lowest BCUT2D eigenvalue weighted by Gasteiger charge is -2.30. The molecule has 1 unspecified atom stereocenters. The van der Waals surface area contributed by atoms with E-state index in [4.69, 9.17) is 21.4 Å². The molecule has 1 amide bonds. The normalized spacial score (nSPS) is 18.4. The van der Waals surface area contributed by atoms with Crippen molar-refractivity contribution in [1.29, 1.82) is 0 Å². The first-order chi connectivity index (χ1) is 9.97. The molecule has 1 N–H and O–H groups in total. The van der Waals surface area contributed by atoms with Crippen molar-refractivity contribution in [2.75, 3.05) is 19.7 Å². The van der Waals surface area contributed by atoms with Gasteiger partial charge in [0, 0.05) is 13.1 Å². The number of carboxylic acids is 1. The summed E-state index contributed by atoms with van der Waals surface area (Å²) in [5, 5.41) is 9.13. The number of nitrogens with zero attached hydrogens (tertiary/aromatic N) is 1. The van der Waals surface area contributed by atoms with Crippen molar-refractivity contribution in [2.24, 2.45) is 5.92 Å². The first kappa shape index (κ1) is 15.6. The van der Waals surface area contributed by atoms with Crippen LogP contribution in [-0.2, 0) is 4.79 Å². The minimum atomic E-state index is -1.12. The van der Waals surface area contributed by atoms with E-state index in [2.05, 4.69) is 6.92 Å². The third-order valence-corrected chi connectivity index (χ3v) is 3.87. The van der Waals surface area contributed by atoms with E-state index in [0.717, 1.165) is 25.9 Å². The van der Waals surface area contributed by atoms with Gasteiger partial charge in [-0.2, -0.15) is 0 Å². The van der Waals surface area contributed by atoms with Gasteiger partial charge in [-0.15, -0.1) is 0 Å². The highest BCUT2D eigenvalue weighted by atomic mass is 35.5. The largest absolute Gasteiger partial charge is 0.484 e. The summed E-state index contributed by atoms with van der Waals surface area (Å²) >= 11 is 5.78. The molecule has 0 saturated carbocycles. The molecular formula is C15H18ClNO4. The Bertz CT molecular complexity index is 546. The minimum Gasteiger partial charge on any atom is -0.484 e. The molecule has 6 heteroatoms. The topological polar surface area (TPSA) is 66.8 Å². The van der Waals surface area contributed by atoms with Crippen LogP contribution >= 0.6 is 11.6 Å². The molecule has 0 bridgehead atoms. The average molecular weight is 312 g/mol. The quantitative estimate of drug-likeness (QED) is 0.928. The smallest absolute Gasteiger partial charge is 0.337 e. The molecule has 1 aliphatic rings. The van der Waals surface area contributed by atoms with Crippen molar-refractivity contribution in [3.8, 4) is 5.75 Å². The molecule has 1 aromatic rings. The summed E-state index contributed by atoms with van der Waals surface area (Å²) in [6.07, 6.45) is 2.15. The van der Waals surface area contributed by atoms with Gasteiger partial charge in [-0.25, -0.2) is 4.79 Å². The van der Waals surface area contributed by atoms with Gasteiger partial charge >= 0.3 is 5.97 Å². The molecule has 21 heavy (non-hydrogen) atoms. The molecule has 5 nitrogen and oxygen atoms in total. The lowest BCUT2D eigenvalue weighted by atomic mass is 10.0. The van der Waals surface area contributed by atoms with Gasteiger partial charge in [0.25, 0.3) is 5.91 Å². The van der Waals surface area contributed by atoms with E-state index in [1.165, 1.54) is 12.1 Å². The standard InChI is InChI=1S/C15H18ClNO4/c1-10-3-2-6-17(8-10)14(18)9-21-11-4-5-13(16)12(7-11)15(19)20/h4-5,7,10H,2-3,6,8-9H2,1H3,(H,19,20). The number of aromatic carboxylic acids is 1. The second-order valence-corrected chi connectivity index (χ2v) is 5.73. The van der Waals surface area contributed by atoms with E-state index in [0.29, 0.717) is 11.7 Å². The van der Waals surface area contributed by atoms with Crippen LogP contribution < -0.4 is 4.74 Å². The number of halogens is 1. The van der Waals surface area contributed by atoms with Crippen LogP contribution in [0.3, 0.4) is 0 Å². The number of hydrogen-bond acceptors (Lipinski definition) is 3. The number of carbonyl (C=O) groups is 2. The van der Waals surface area contributed by atoms with Crippen molar-refractivity contribution in [3.05, 3.63) is 28.8 Å². The molecule has 114 valence electrons. The fraction of sp³-hybridized carbons (Fsp3) is 0.467. The van der Waals surface area contributed by atoms with Gasteiger partial charge in [-0.05, 0) is 37.0 Å². The number of carbonyl (C=O) groups excluding carboxylic acids is 1. The molecule has 1 aromatic carbocycles. The van der Waals surface area contributed by atoms with Crippen molar-refractivity contribution >= 4 is 23.5 Å². The van der Waals surface area contributed by atoms with Crippen LogP contribution in [0, 0.1) is 5.92 Å². The predicted molar refractivity (Wildman–Crippen MR) is 78.9 cm³/mol. The Morgan fingerprint density at radius 3 is 2.90 bits per heavy atom. The summed E-state index contributed by atoms with van der Waals surface area (Å²) in [7, 11) is 0. The third kappa shape index (κ3) is 4.11. The number of rotatable bonds is 4. The average Bonchev–Trinajstić information content (AvgIpc) is 2.45. The van der Waals surface area contributed by atoms with Crippen molar-refractivity contribution < 1.29 is 19.4 Å². The summed E-state index contributed by atoms with van der Waals surface area (Å²) < 4.78 is 5.39. The summed E-state index contributed by atoms with van der Waals surface area (Å²) in [6, 6.07) is 4.34. The molecule has 1 heterocycles. The molecule has 1 saturated heterocycles. The molecule has 0 radical (unpaired) electrons. The summed E-state index contributed by atoms with van der Waals surface area (Å²) in [4.78, 5) is 24.8. The number of ether oxygens (including phenoxy) is 1. The van der Waals surface area contributed by atoms with Gasteiger partial charge < -0.3 is 14.7 Å². The maximum Gasteiger partial charge on any atom is 0.337 e. The van der Waals surface area contributed by atoms with Crippen LogP contribution in [0.15, 0.2) is 18.2 Å². The SMILES string of the molecule is CC1CCCN(C(=O)COc2ccc(Cl)c(C(=O)O)c2)C1. The fourth-order valence-corrected chi connectivity index (χ4v) is 2.61. The Morgan fingerprint density at radius 1 is 1.48 bits per heavy atom. The Hall–Kier alpha value is -1.75. The lowest BCUT2D eigenvalue weighted by Crippen LogP contribution is -2.41. The zero-order valence-corrected chi connectivity index (χ0v) is 12.6. The van der Waals surface area contributed by atoms with Crippen LogP contribution in [0.5, 0.6) is 5.75 Å². The Labute approximate surface area is 128 Å². The first-order valence-corrected chi connectivity index (χ1v) is 7.28. The maximum absolute atomic E-state index is 12.1. The first-order valence-electron chi connectivity index (χ1n) is 6.91. The zero-order chi connectivity index (χ0) is 15.4. The van der Waals surface area contributed by atoms with Crippen LogP contribution in [0.1, 0.15) is 30.1 Å². The Balaban J connectivity index is 1.95. The summed E-state index contributed by atoms with van der Waals surface area (Å²) in [5.74, 6) is -0.359. The minimum absolute atomic E-state index is 0.0341. The van der Waals surface area contributed by atoms with Gasteiger partial charge in [0.05, 0.1) is 10.6 Å². The van der Waals surface area contributed by atoms with Crippen LogP contribution in [0.4, 0.5) is 0 Å². The fourth-order valence-electron chi connectivity index (χ4n) is 2.41. The second kappa shape index (κ2) is 6.80. The molecule has 1 atom stereocenters. The molecule has 1 fully saturated rings. The lowest BCUT2D eigenvalue weighted by molar-refractivity contribution is -0.135. The number of benzene rings is 1. The van der Waals surface area contributed by atoms with Crippen molar-refractivity contribution in [2.45, 2.75) is 19.8 Å². The molecular weight excluding hydrogens is 294 g/mol. The van der Waals surface area contributed by atoms with Crippen molar-refractivity contribution in [1.82, 2.24) is 4.90 Å². The third-order valence-electron chi connectivity index (χ3n) is 3.54. The number of likely N-dealkylation sites (tertiary alicyclic amines) is 1. The van der Waals surface area contributed by atoms with Crippen LogP contribution in [-0.4, -0.2) is 41.6 Å². The van der Waals surface area contributed by atoms with Gasteiger partial charge in [-0.1, -0.05) is 18.5 Å². The molecule has 0 spiro atoms. The van der Waals surface area contributed by atoms with E-state index in [1.54, 1.807) is 11.0 Å². The molecule has 1 aliphatic heterocycles. The van der Waals surface area contributed by atoms with E-state index >= 15 is 0 Å². The van der Waals surface area contributed by atoms with Gasteiger partial charge in [-0.3, -0.25) is 4.79 Å². The Kier molecular flexibility index (Phi) is 5.07. The number of carboxylic acid groups (broad SMARTS) is 1. The molecule has 2 rings (SSSR count). The van der Waals surface area contributed by atoms with Crippen LogP contribution in [0.2, 0.25) is 5.02 Å². The van der Waals surface area contributed by atoms with E-state index in [-0.39, 0.29) is 23.1 Å². The number of piperidine rings is 1. The predicted octanol–water partition coefficient (Wildman–Crippen LogP) is 2.68. The highest BCUT2D eigenvalue weighted by molar-refractivity contribution is 6.33. The van der Waals surface area contributed by atoms with E-state index < -0.39 is 5.97 Å². The highest BCUT2D eigenvalue weighted by Crippen LogP contribution is 2.22. The molecule has 0 aliphatic carbocycles. The second-order valence-electron chi connectivity index (χ2n) is 5.32. The summed E-state index contributed by atoms with van der Waals surface area (Å²) in [6.45, 7) is 3.54. The zero-order valence-electron chi connectivity index (χ0n) is 11.8. The number of amides is 1. The van der Waals surface area contributed by atoms with Crippen LogP contribution in [0.25, 0.3) is 0 Å². The highest BCUT2D eigenvalue weighted by Gasteiger charge is 2.21.